The van der Waals surface area contributed by atoms with E-state index in [0.717, 1.165) is 33.9 Å². The highest BCUT2D eigenvalue weighted by Crippen LogP contribution is 2.39. The van der Waals surface area contributed by atoms with Crippen LogP contribution in [0.5, 0.6) is 5.75 Å². The molecule has 5 heteroatoms. The fraction of sp³-hybridized carbons (Fsp3) is 0.129. The maximum atomic E-state index is 13.8. The minimum atomic E-state index is -4.51. The van der Waals surface area contributed by atoms with Crippen molar-refractivity contribution < 1.29 is 17.9 Å². The molecule has 0 aliphatic carbocycles. The number of halogens is 3. The molecule has 180 valence electrons. The normalized spacial score (nSPS) is 11.6. The number of benzene rings is 4. The number of alkyl halides is 3. The molecule has 0 saturated heterocycles. The van der Waals surface area contributed by atoms with Gasteiger partial charge in [-0.05, 0) is 60.4 Å². The van der Waals surface area contributed by atoms with E-state index in [0.29, 0.717) is 29.0 Å². The molecule has 0 aliphatic heterocycles. The van der Waals surface area contributed by atoms with Gasteiger partial charge in [0.15, 0.2) is 0 Å². The largest absolute Gasteiger partial charge is 0.489 e. The number of nitrogens with zero attached hydrogens (tertiary/aromatic N) is 1. The Morgan fingerprint density at radius 1 is 0.722 bits per heavy atom. The highest BCUT2D eigenvalue weighted by atomic mass is 19.4. The summed E-state index contributed by atoms with van der Waals surface area (Å²) in [4.78, 5) is 4.60. The quantitative estimate of drug-likeness (QED) is 0.249. The summed E-state index contributed by atoms with van der Waals surface area (Å²) in [6.07, 6.45) is -4.51. The zero-order valence-corrected chi connectivity index (χ0v) is 19.9. The van der Waals surface area contributed by atoms with Gasteiger partial charge in [-0.2, -0.15) is 13.2 Å². The second-order valence-corrected chi connectivity index (χ2v) is 8.81. The first-order valence-corrected chi connectivity index (χ1v) is 11.7. The number of pyridine rings is 1. The van der Waals surface area contributed by atoms with Gasteiger partial charge in [-0.25, -0.2) is 4.98 Å². The molecule has 0 bridgehead atoms. The number of hydrogen-bond donors (Lipinski definition) is 0. The second-order valence-electron chi connectivity index (χ2n) is 8.81. The van der Waals surface area contributed by atoms with Crippen LogP contribution in [0.25, 0.3) is 33.3 Å². The molecular formula is C31H24F3NO. The summed E-state index contributed by atoms with van der Waals surface area (Å²) in [7, 11) is 0. The highest BCUT2D eigenvalue weighted by Gasteiger charge is 2.33. The third kappa shape index (κ3) is 4.69. The monoisotopic (exact) mass is 483 g/mol. The molecule has 0 unspecified atom stereocenters. The molecule has 5 rings (SSSR count). The van der Waals surface area contributed by atoms with Crippen LogP contribution in [0.4, 0.5) is 13.2 Å². The molecule has 1 heterocycles. The third-order valence-corrected chi connectivity index (χ3v) is 6.37. The van der Waals surface area contributed by atoms with Crippen molar-refractivity contribution in [1.82, 2.24) is 4.98 Å². The number of aryl methyl sites for hydroxylation is 2. The van der Waals surface area contributed by atoms with E-state index >= 15 is 0 Å². The van der Waals surface area contributed by atoms with Crippen LogP contribution in [0.15, 0.2) is 97.1 Å². The SMILES string of the molecule is Cc1cccc(C)c1COc1cccc(-c2nc3c(C(F)(F)F)cccc3cc2-c2ccccc2)c1. The van der Waals surface area contributed by atoms with Gasteiger partial charge >= 0.3 is 6.18 Å². The van der Waals surface area contributed by atoms with E-state index in [1.807, 2.05) is 86.6 Å². The van der Waals surface area contributed by atoms with E-state index in [4.69, 9.17) is 4.74 Å². The molecular weight excluding hydrogens is 459 g/mol. The summed E-state index contributed by atoms with van der Waals surface area (Å²) >= 11 is 0. The second kappa shape index (κ2) is 9.50. The maximum Gasteiger partial charge on any atom is 0.418 e. The average Bonchev–Trinajstić information content (AvgIpc) is 2.87. The molecule has 0 spiro atoms. The molecule has 0 aliphatic rings. The lowest BCUT2D eigenvalue weighted by Gasteiger charge is -2.16. The first-order valence-electron chi connectivity index (χ1n) is 11.7. The zero-order chi connectivity index (χ0) is 25.3. The topological polar surface area (TPSA) is 22.1 Å². The summed E-state index contributed by atoms with van der Waals surface area (Å²) in [5, 5.41) is 0.440. The molecule has 0 atom stereocenters. The summed E-state index contributed by atoms with van der Waals surface area (Å²) in [6.45, 7) is 4.49. The van der Waals surface area contributed by atoms with E-state index in [9.17, 15) is 13.2 Å². The number of ether oxygens (including phenoxy) is 1. The number of hydrogen-bond acceptors (Lipinski definition) is 2. The van der Waals surface area contributed by atoms with Crippen LogP contribution >= 0.6 is 0 Å². The van der Waals surface area contributed by atoms with Crippen LogP contribution in [-0.4, -0.2) is 4.98 Å². The molecule has 0 N–H and O–H groups in total. The van der Waals surface area contributed by atoms with Crippen LogP contribution in [-0.2, 0) is 12.8 Å². The molecule has 4 aromatic carbocycles. The molecule has 1 aromatic heterocycles. The van der Waals surface area contributed by atoms with Gasteiger partial charge in [-0.3, -0.25) is 0 Å². The van der Waals surface area contributed by atoms with Gasteiger partial charge in [-0.1, -0.05) is 72.8 Å². The lowest BCUT2D eigenvalue weighted by Crippen LogP contribution is -2.07. The van der Waals surface area contributed by atoms with Crippen molar-refractivity contribution in [2.45, 2.75) is 26.6 Å². The molecule has 0 radical (unpaired) electrons. The van der Waals surface area contributed by atoms with Crippen molar-refractivity contribution >= 4 is 10.9 Å². The standard InChI is InChI=1S/C31H24F3NO/c1-20-9-6-10-21(2)27(20)19-36-25-15-7-13-23(17-25)29-26(22-11-4-3-5-12-22)18-24-14-8-16-28(30(24)35-29)31(32,33)34/h3-18H,19H2,1-2H3. The molecule has 0 amide bonds. The van der Waals surface area contributed by atoms with E-state index < -0.39 is 11.7 Å². The Labute approximate surface area is 208 Å². The summed E-state index contributed by atoms with van der Waals surface area (Å²) in [5.41, 5.74) is 5.39. The fourth-order valence-electron chi connectivity index (χ4n) is 4.45. The molecule has 5 aromatic rings. The van der Waals surface area contributed by atoms with E-state index in [1.54, 1.807) is 12.1 Å². The number of fused-ring (bicyclic) bond motifs is 1. The Kier molecular flexibility index (Phi) is 6.23. The van der Waals surface area contributed by atoms with Gasteiger partial charge in [0, 0.05) is 16.5 Å². The lowest BCUT2D eigenvalue weighted by molar-refractivity contribution is -0.136. The minimum absolute atomic E-state index is 0.0680. The van der Waals surface area contributed by atoms with Crippen molar-refractivity contribution in [3.8, 4) is 28.1 Å². The highest BCUT2D eigenvalue weighted by molar-refractivity contribution is 5.93. The van der Waals surface area contributed by atoms with Gasteiger partial charge in [0.05, 0.1) is 16.8 Å². The predicted molar refractivity (Wildman–Crippen MR) is 138 cm³/mol. The van der Waals surface area contributed by atoms with Crippen LogP contribution in [0.2, 0.25) is 0 Å². The first-order chi connectivity index (χ1) is 17.3. The fourth-order valence-corrected chi connectivity index (χ4v) is 4.45. The summed E-state index contributed by atoms with van der Waals surface area (Å²) in [6, 6.07) is 29.0. The van der Waals surface area contributed by atoms with Gasteiger partial charge in [0.1, 0.15) is 12.4 Å². The Morgan fingerprint density at radius 3 is 2.11 bits per heavy atom. The minimum Gasteiger partial charge on any atom is -0.489 e. The first kappa shape index (κ1) is 23.6. The van der Waals surface area contributed by atoms with Crippen molar-refractivity contribution in [2.75, 3.05) is 0 Å². The summed E-state index contributed by atoms with van der Waals surface area (Å²) in [5.74, 6) is 0.625. The number of aromatic nitrogens is 1. The lowest BCUT2D eigenvalue weighted by atomic mass is 9.96. The van der Waals surface area contributed by atoms with Crippen molar-refractivity contribution in [3.05, 3.63) is 119 Å². The Bertz CT molecular complexity index is 1520. The van der Waals surface area contributed by atoms with Crippen LogP contribution in [0.1, 0.15) is 22.3 Å². The molecule has 0 fully saturated rings. The predicted octanol–water partition coefficient (Wildman–Crippen LogP) is 8.78. The smallest absolute Gasteiger partial charge is 0.418 e. The maximum absolute atomic E-state index is 13.8. The van der Waals surface area contributed by atoms with Gasteiger partial charge in [0.25, 0.3) is 0 Å². The summed E-state index contributed by atoms with van der Waals surface area (Å²) < 4.78 is 47.5. The van der Waals surface area contributed by atoms with Crippen molar-refractivity contribution in [2.24, 2.45) is 0 Å². The Morgan fingerprint density at radius 2 is 1.39 bits per heavy atom. The molecule has 0 saturated carbocycles. The number of para-hydroxylation sites is 1. The Balaban J connectivity index is 1.63. The zero-order valence-electron chi connectivity index (χ0n) is 19.9. The average molecular weight is 484 g/mol. The van der Waals surface area contributed by atoms with Gasteiger partial charge in [-0.15, -0.1) is 0 Å². The van der Waals surface area contributed by atoms with E-state index in [2.05, 4.69) is 4.98 Å². The third-order valence-electron chi connectivity index (χ3n) is 6.37. The van der Waals surface area contributed by atoms with E-state index in [1.165, 1.54) is 6.07 Å². The number of rotatable bonds is 5. The van der Waals surface area contributed by atoms with Crippen molar-refractivity contribution in [3.63, 3.8) is 0 Å². The van der Waals surface area contributed by atoms with Crippen LogP contribution in [0, 0.1) is 13.8 Å². The van der Waals surface area contributed by atoms with Crippen LogP contribution < -0.4 is 4.74 Å². The van der Waals surface area contributed by atoms with Crippen molar-refractivity contribution in [1.29, 1.82) is 0 Å². The van der Waals surface area contributed by atoms with E-state index in [-0.39, 0.29) is 5.52 Å². The van der Waals surface area contributed by atoms with Crippen LogP contribution in [0.3, 0.4) is 0 Å². The molecule has 36 heavy (non-hydrogen) atoms. The van der Waals surface area contributed by atoms with Gasteiger partial charge in [0.2, 0.25) is 0 Å². The van der Waals surface area contributed by atoms with Gasteiger partial charge < -0.3 is 4.74 Å². The molecule has 2 nitrogen and oxygen atoms in total. The Hall–Kier alpha value is -4.12.